The van der Waals surface area contributed by atoms with Crippen molar-refractivity contribution in [3.63, 3.8) is 0 Å². The molecule has 0 saturated carbocycles. The van der Waals surface area contributed by atoms with Gasteiger partial charge in [0.1, 0.15) is 17.3 Å². The van der Waals surface area contributed by atoms with E-state index in [0.29, 0.717) is 50.1 Å². The summed E-state index contributed by atoms with van der Waals surface area (Å²) >= 11 is 12.3. The third-order valence-electron chi connectivity index (χ3n) is 7.79. The van der Waals surface area contributed by atoms with Crippen LogP contribution in [0.25, 0.3) is 51.2 Å². The summed E-state index contributed by atoms with van der Waals surface area (Å²) in [5.74, 6) is 0.804. The molecule has 0 aliphatic rings. The van der Waals surface area contributed by atoms with Crippen LogP contribution in [0.1, 0.15) is 0 Å². The lowest BCUT2D eigenvalue weighted by molar-refractivity contribution is 0.589. The number of rotatable bonds is 9. The van der Waals surface area contributed by atoms with Crippen molar-refractivity contribution in [2.45, 2.75) is 0 Å². The van der Waals surface area contributed by atoms with E-state index in [0.717, 1.165) is 16.7 Å². The predicted molar refractivity (Wildman–Crippen MR) is 196 cm³/mol. The van der Waals surface area contributed by atoms with Crippen LogP contribution in [0.15, 0.2) is 132 Å². The van der Waals surface area contributed by atoms with Gasteiger partial charge in [0.15, 0.2) is 17.3 Å². The van der Waals surface area contributed by atoms with E-state index in [1.54, 1.807) is 59.4 Å². The topological polar surface area (TPSA) is 119 Å². The summed E-state index contributed by atoms with van der Waals surface area (Å²) in [7, 11) is 0. The van der Waals surface area contributed by atoms with Crippen molar-refractivity contribution in [3.8, 4) is 51.2 Å². The zero-order valence-corrected chi connectivity index (χ0v) is 28.2. The first-order valence-electron chi connectivity index (χ1n) is 15.7. The SMILES string of the molecule is Fc1ccc(Nc2nc(Nc3ccc(F)cc3)nc(-c3cn(-c4ccc(-c5nc(-c6ccc(Cl)cc6)c(-c6ccc(Cl)cc6)o5)cc4)nn3)n2)cc1. The Labute approximate surface area is 304 Å². The zero-order valence-electron chi connectivity index (χ0n) is 26.7. The Morgan fingerprint density at radius 1 is 0.558 bits per heavy atom. The van der Waals surface area contributed by atoms with Gasteiger partial charge in [0, 0.05) is 38.1 Å². The molecule has 0 aliphatic heterocycles. The number of hydrogen-bond donors (Lipinski definition) is 2. The van der Waals surface area contributed by atoms with E-state index in [1.807, 2.05) is 48.5 Å². The largest absolute Gasteiger partial charge is 0.435 e. The molecule has 14 heteroatoms. The van der Waals surface area contributed by atoms with Crippen LogP contribution < -0.4 is 10.6 Å². The van der Waals surface area contributed by atoms with Crippen LogP contribution in [0, 0.1) is 11.6 Å². The fourth-order valence-electron chi connectivity index (χ4n) is 5.22. The number of nitrogens with zero attached hydrogens (tertiary/aromatic N) is 7. The highest BCUT2D eigenvalue weighted by molar-refractivity contribution is 6.31. The molecule has 0 aliphatic carbocycles. The summed E-state index contributed by atoms with van der Waals surface area (Å²) in [6.45, 7) is 0. The lowest BCUT2D eigenvalue weighted by atomic mass is 10.1. The van der Waals surface area contributed by atoms with Crippen LogP contribution in [-0.4, -0.2) is 34.9 Å². The Kier molecular flexibility index (Phi) is 8.81. The molecule has 0 amide bonds. The van der Waals surface area contributed by atoms with Crippen molar-refractivity contribution in [1.29, 1.82) is 0 Å². The van der Waals surface area contributed by atoms with E-state index < -0.39 is 0 Å². The highest BCUT2D eigenvalue weighted by atomic mass is 35.5. The molecule has 0 bridgehead atoms. The van der Waals surface area contributed by atoms with E-state index in [-0.39, 0.29) is 29.4 Å². The van der Waals surface area contributed by atoms with Gasteiger partial charge in [-0.25, -0.2) is 18.4 Å². The zero-order chi connectivity index (χ0) is 35.6. The van der Waals surface area contributed by atoms with Crippen LogP contribution in [0.2, 0.25) is 10.0 Å². The molecule has 8 aromatic rings. The maximum absolute atomic E-state index is 13.5. The molecule has 10 nitrogen and oxygen atoms in total. The molecule has 0 saturated heterocycles. The average molecular weight is 731 g/mol. The number of nitrogens with one attached hydrogen (secondary N) is 2. The summed E-state index contributed by atoms with van der Waals surface area (Å²) in [5.41, 5.74) is 5.25. The van der Waals surface area contributed by atoms with Crippen LogP contribution in [0.5, 0.6) is 0 Å². The number of oxazole rings is 1. The molecule has 0 radical (unpaired) electrons. The van der Waals surface area contributed by atoms with Gasteiger partial charge in [-0.3, -0.25) is 0 Å². The lowest BCUT2D eigenvalue weighted by Gasteiger charge is -2.09. The third kappa shape index (κ3) is 7.20. The third-order valence-corrected chi connectivity index (χ3v) is 8.29. The maximum atomic E-state index is 13.5. The molecule has 8 rings (SSSR count). The Morgan fingerprint density at radius 3 is 1.63 bits per heavy atom. The molecule has 0 unspecified atom stereocenters. The normalized spacial score (nSPS) is 11.1. The van der Waals surface area contributed by atoms with E-state index in [4.69, 9.17) is 32.6 Å². The van der Waals surface area contributed by atoms with Gasteiger partial charge in [-0.1, -0.05) is 40.5 Å². The highest BCUT2D eigenvalue weighted by Gasteiger charge is 2.19. The number of hydrogen-bond acceptors (Lipinski definition) is 9. The highest BCUT2D eigenvalue weighted by Crippen LogP contribution is 2.37. The van der Waals surface area contributed by atoms with Crippen LogP contribution >= 0.6 is 23.2 Å². The molecule has 0 fully saturated rings. The van der Waals surface area contributed by atoms with Crippen molar-refractivity contribution < 1.29 is 13.2 Å². The molecule has 0 spiro atoms. The van der Waals surface area contributed by atoms with Gasteiger partial charge in [-0.15, -0.1) is 5.10 Å². The summed E-state index contributed by atoms with van der Waals surface area (Å²) in [5, 5.41) is 16.0. The Morgan fingerprint density at radius 2 is 1.08 bits per heavy atom. The smallest absolute Gasteiger partial charge is 0.232 e. The molecule has 52 heavy (non-hydrogen) atoms. The molecule has 5 aromatic carbocycles. The summed E-state index contributed by atoms with van der Waals surface area (Å²) < 4.78 is 35.0. The van der Waals surface area contributed by atoms with Gasteiger partial charge >= 0.3 is 0 Å². The second kappa shape index (κ2) is 14.0. The first-order valence-corrected chi connectivity index (χ1v) is 16.5. The predicted octanol–water partition coefficient (Wildman–Crippen LogP) is 10.2. The summed E-state index contributed by atoms with van der Waals surface area (Å²) in [4.78, 5) is 18.4. The first kappa shape index (κ1) is 32.7. The minimum Gasteiger partial charge on any atom is -0.435 e. The van der Waals surface area contributed by atoms with Gasteiger partial charge in [-0.05, 0) is 109 Å². The van der Waals surface area contributed by atoms with Crippen LogP contribution in [0.3, 0.4) is 0 Å². The van der Waals surface area contributed by atoms with Crippen LogP contribution in [0.4, 0.5) is 32.1 Å². The van der Waals surface area contributed by atoms with E-state index in [1.165, 1.54) is 24.3 Å². The Balaban J connectivity index is 1.09. The van der Waals surface area contributed by atoms with Gasteiger partial charge in [0.05, 0.1) is 11.9 Å². The van der Waals surface area contributed by atoms with Crippen molar-refractivity contribution in [3.05, 3.63) is 149 Å². The van der Waals surface area contributed by atoms with Crippen molar-refractivity contribution in [2.75, 3.05) is 10.6 Å². The minimum atomic E-state index is -0.379. The summed E-state index contributed by atoms with van der Waals surface area (Å²) in [6.07, 6.45) is 1.68. The molecular weight excluding hydrogens is 707 g/mol. The number of anilines is 4. The second-order valence-corrected chi connectivity index (χ2v) is 12.2. The van der Waals surface area contributed by atoms with Crippen molar-refractivity contribution >= 4 is 46.5 Å². The van der Waals surface area contributed by atoms with E-state index >= 15 is 0 Å². The monoisotopic (exact) mass is 729 g/mol. The maximum Gasteiger partial charge on any atom is 0.232 e. The van der Waals surface area contributed by atoms with Gasteiger partial charge < -0.3 is 15.1 Å². The van der Waals surface area contributed by atoms with Gasteiger partial charge in [0.2, 0.25) is 17.8 Å². The number of halogens is 4. The molecule has 254 valence electrons. The molecule has 3 heterocycles. The Bertz CT molecular complexity index is 2360. The first-order chi connectivity index (χ1) is 25.3. The molecule has 3 aromatic heterocycles. The molecule has 2 N–H and O–H groups in total. The van der Waals surface area contributed by atoms with Crippen LogP contribution in [-0.2, 0) is 0 Å². The lowest BCUT2D eigenvalue weighted by Crippen LogP contribution is -2.05. The number of benzene rings is 5. The average Bonchev–Trinajstić information content (AvgIpc) is 3.84. The fourth-order valence-corrected chi connectivity index (χ4v) is 5.47. The molecular formula is C38H23Cl2F2N9O. The van der Waals surface area contributed by atoms with Gasteiger partial charge in [0.25, 0.3) is 0 Å². The standard InChI is InChI=1S/C38H23Cl2F2N9O/c39-25-7-1-22(2-8-25)33-34(23-3-9-26(40)10-4-23)52-36(45-33)24-5-19-31(20-6-24)51-21-32(49-50-51)35-46-37(43-29-15-11-27(41)12-16-29)48-38(47-35)44-30-17-13-28(42)14-18-30/h1-21H,(H2,43,44,46,47,48). The number of aromatic nitrogens is 7. The molecule has 0 atom stereocenters. The second-order valence-electron chi connectivity index (χ2n) is 11.4. The van der Waals surface area contributed by atoms with Crippen molar-refractivity contribution in [2.24, 2.45) is 0 Å². The Hall–Kier alpha value is -6.50. The fraction of sp³-hybridized carbons (Fsp3) is 0. The van der Waals surface area contributed by atoms with E-state index in [9.17, 15) is 8.78 Å². The van der Waals surface area contributed by atoms with Crippen molar-refractivity contribution in [1.82, 2.24) is 34.9 Å². The van der Waals surface area contributed by atoms with Gasteiger partial charge in [-0.2, -0.15) is 15.0 Å². The minimum absolute atomic E-state index is 0.169. The quantitative estimate of drug-likeness (QED) is 0.150. The van der Waals surface area contributed by atoms with E-state index in [2.05, 4.69) is 35.9 Å². The summed E-state index contributed by atoms with van der Waals surface area (Å²) in [6, 6.07) is 33.7.